The lowest BCUT2D eigenvalue weighted by Gasteiger charge is -2.49. The number of ether oxygens (including phenoxy) is 1. The van der Waals surface area contributed by atoms with Crippen LogP contribution in [0.25, 0.3) is 0 Å². The lowest BCUT2D eigenvalue weighted by Crippen LogP contribution is -2.64. The molecule has 1 aliphatic rings. The second-order valence-corrected chi connectivity index (χ2v) is 7.38. The first-order valence-electron chi connectivity index (χ1n) is 9.93. The maximum Gasteiger partial charge on any atom is 0.237 e. The zero-order chi connectivity index (χ0) is 20.2. The minimum Gasteiger partial charge on any atom is -0.497 e. The van der Waals surface area contributed by atoms with Crippen LogP contribution >= 0.6 is 0 Å². The standard InChI is InChI=1S/C25H25NO3/c1-29-21-15-13-19(14-16-21)23-24(22(27)17-12-18-8-4-2-5-9-18)26(25(23)28)20-10-6-3-7-11-20/h2-11,13-16,22-24,27H,12,17H2,1H3/t22-,23-,24+/m0/s1. The van der Waals surface area contributed by atoms with Crippen LogP contribution in [0.15, 0.2) is 84.9 Å². The molecule has 0 aromatic heterocycles. The summed E-state index contributed by atoms with van der Waals surface area (Å²) in [7, 11) is 1.62. The molecule has 3 aromatic carbocycles. The van der Waals surface area contributed by atoms with Gasteiger partial charge in [-0.3, -0.25) is 4.79 Å². The summed E-state index contributed by atoms with van der Waals surface area (Å²) >= 11 is 0. The van der Waals surface area contributed by atoms with E-state index in [9.17, 15) is 9.90 Å². The molecule has 1 saturated heterocycles. The van der Waals surface area contributed by atoms with Gasteiger partial charge in [-0.15, -0.1) is 0 Å². The summed E-state index contributed by atoms with van der Waals surface area (Å²) in [4.78, 5) is 14.8. The predicted octanol–water partition coefficient (Wildman–Crippen LogP) is 4.19. The molecule has 1 aliphatic heterocycles. The summed E-state index contributed by atoms with van der Waals surface area (Å²) in [6.45, 7) is 0. The number of aliphatic hydroxyl groups is 1. The summed E-state index contributed by atoms with van der Waals surface area (Å²) in [6.07, 6.45) is 0.739. The zero-order valence-corrected chi connectivity index (χ0v) is 16.4. The van der Waals surface area contributed by atoms with Gasteiger partial charge >= 0.3 is 0 Å². The highest BCUT2D eigenvalue weighted by Crippen LogP contribution is 2.42. The van der Waals surface area contributed by atoms with E-state index in [-0.39, 0.29) is 17.9 Å². The molecule has 0 aliphatic carbocycles. The zero-order valence-electron chi connectivity index (χ0n) is 16.4. The van der Waals surface area contributed by atoms with Gasteiger partial charge in [0.25, 0.3) is 0 Å². The molecule has 0 unspecified atom stereocenters. The van der Waals surface area contributed by atoms with E-state index in [1.807, 2.05) is 72.8 Å². The predicted molar refractivity (Wildman–Crippen MR) is 114 cm³/mol. The molecule has 4 heteroatoms. The molecular formula is C25H25NO3. The fourth-order valence-electron chi connectivity index (χ4n) is 4.07. The Morgan fingerprint density at radius 3 is 2.17 bits per heavy atom. The molecule has 148 valence electrons. The Balaban J connectivity index is 1.58. The Bertz CT molecular complexity index is 941. The molecule has 0 bridgehead atoms. The molecule has 3 aromatic rings. The third kappa shape index (κ3) is 3.89. The van der Waals surface area contributed by atoms with Crippen molar-refractivity contribution in [3.63, 3.8) is 0 Å². The van der Waals surface area contributed by atoms with Crippen molar-refractivity contribution in [1.29, 1.82) is 0 Å². The number of nitrogens with zero attached hydrogens (tertiary/aromatic N) is 1. The Kier molecular flexibility index (Phi) is 5.63. The molecule has 0 radical (unpaired) electrons. The van der Waals surface area contributed by atoms with Crippen molar-refractivity contribution in [1.82, 2.24) is 0 Å². The average Bonchev–Trinajstić information content (AvgIpc) is 2.77. The number of carbonyl (C=O) groups excluding carboxylic acids is 1. The number of benzene rings is 3. The van der Waals surface area contributed by atoms with E-state index in [2.05, 4.69) is 12.1 Å². The molecule has 0 saturated carbocycles. The number of carbonyl (C=O) groups is 1. The number of aliphatic hydroxyl groups excluding tert-OH is 1. The quantitative estimate of drug-likeness (QED) is 0.619. The van der Waals surface area contributed by atoms with Crippen molar-refractivity contribution in [2.24, 2.45) is 0 Å². The highest BCUT2D eigenvalue weighted by molar-refractivity contribution is 6.06. The fraction of sp³-hybridized carbons (Fsp3) is 0.240. The molecule has 4 nitrogen and oxygen atoms in total. The van der Waals surface area contributed by atoms with Gasteiger partial charge in [0.15, 0.2) is 0 Å². The molecule has 29 heavy (non-hydrogen) atoms. The van der Waals surface area contributed by atoms with Crippen molar-refractivity contribution < 1.29 is 14.6 Å². The van der Waals surface area contributed by atoms with E-state index in [0.29, 0.717) is 6.42 Å². The molecule has 0 spiro atoms. The lowest BCUT2D eigenvalue weighted by atomic mass is 9.77. The van der Waals surface area contributed by atoms with Crippen molar-refractivity contribution in [3.05, 3.63) is 96.1 Å². The molecule has 1 N–H and O–H groups in total. The molecule has 4 rings (SSSR count). The second-order valence-electron chi connectivity index (χ2n) is 7.38. The number of rotatable bonds is 7. The van der Waals surface area contributed by atoms with Gasteiger partial charge in [0.1, 0.15) is 5.75 Å². The second kappa shape index (κ2) is 8.50. The Morgan fingerprint density at radius 1 is 0.931 bits per heavy atom. The van der Waals surface area contributed by atoms with Gasteiger partial charge in [0.05, 0.1) is 25.2 Å². The molecule has 1 heterocycles. The summed E-state index contributed by atoms with van der Waals surface area (Å²) < 4.78 is 5.23. The third-order valence-corrected chi connectivity index (χ3v) is 5.62. The van der Waals surface area contributed by atoms with E-state index in [0.717, 1.165) is 23.4 Å². The monoisotopic (exact) mass is 387 g/mol. The van der Waals surface area contributed by atoms with Crippen LogP contribution in [0.4, 0.5) is 5.69 Å². The van der Waals surface area contributed by atoms with E-state index >= 15 is 0 Å². The number of anilines is 1. The summed E-state index contributed by atoms with van der Waals surface area (Å²) in [6, 6.07) is 27.0. The van der Waals surface area contributed by atoms with Gasteiger partial charge in [0.2, 0.25) is 5.91 Å². The highest BCUT2D eigenvalue weighted by atomic mass is 16.5. The Labute approximate surface area is 171 Å². The largest absolute Gasteiger partial charge is 0.497 e. The highest BCUT2D eigenvalue weighted by Gasteiger charge is 2.51. The molecular weight excluding hydrogens is 362 g/mol. The topological polar surface area (TPSA) is 49.8 Å². The maximum atomic E-state index is 13.1. The number of β-lactam (4-membered cyclic amide) rings is 1. The molecule has 1 amide bonds. The van der Waals surface area contributed by atoms with Gasteiger partial charge < -0.3 is 14.7 Å². The summed E-state index contributed by atoms with van der Waals surface area (Å²) in [5, 5.41) is 11.1. The van der Waals surface area contributed by atoms with E-state index in [1.165, 1.54) is 5.56 Å². The van der Waals surface area contributed by atoms with Crippen LogP contribution in [0.1, 0.15) is 23.5 Å². The number of hydrogen-bond donors (Lipinski definition) is 1. The number of hydrogen-bond acceptors (Lipinski definition) is 3. The van der Waals surface area contributed by atoms with Gasteiger partial charge in [-0.2, -0.15) is 0 Å². The normalized spacial score (nSPS) is 19.5. The van der Waals surface area contributed by atoms with Crippen LogP contribution in [0.2, 0.25) is 0 Å². The van der Waals surface area contributed by atoms with Crippen molar-refractivity contribution in [2.75, 3.05) is 12.0 Å². The lowest BCUT2D eigenvalue weighted by molar-refractivity contribution is -0.129. The number of para-hydroxylation sites is 1. The van der Waals surface area contributed by atoms with Crippen molar-refractivity contribution in [3.8, 4) is 5.75 Å². The smallest absolute Gasteiger partial charge is 0.237 e. The van der Waals surface area contributed by atoms with Gasteiger partial charge in [-0.1, -0.05) is 60.7 Å². The fourth-order valence-corrected chi connectivity index (χ4v) is 4.07. The number of aryl methyl sites for hydroxylation is 1. The third-order valence-electron chi connectivity index (χ3n) is 5.62. The molecule has 3 atom stereocenters. The van der Waals surface area contributed by atoms with Gasteiger partial charge in [0, 0.05) is 5.69 Å². The Hall–Kier alpha value is -3.11. The first-order chi connectivity index (χ1) is 14.2. The SMILES string of the molecule is COc1ccc([C@@H]2C(=O)N(c3ccccc3)[C@@H]2[C@@H](O)CCc2ccccc2)cc1. The van der Waals surface area contributed by atoms with E-state index in [4.69, 9.17) is 4.74 Å². The minimum atomic E-state index is -0.625. The Morgan fingerprint density at radius 2 is 1.55 bits per heavy atom. The van der Waals surface area contributed by atoms with Crippen LogP contribution in [-0.2, 0) is 11.2 Å². The van der Waals surface area contributed by atoms with Crippen molar-refractivity contribution >= 4 is 11.6 Å². The van der Waals surface area contributed by atoms with Gasteiger partial charge in [-0.05, 0) is 48.2 Å². The van der Waals surface area contributed by atoms with Gasteiger partial charge in [-0.25, -0.2) is 0 Å². The van der Waals surface area contributed by atoms with Crippen LogP contribution < -0.4 is 9.64 Å². The van der Waals surface area contributed by atoms with Crippen LogP contribution in [0.3, 0.4) is 0 Å². The van der Waals surface area contributed by atoms with Crippen LogP contribution in [-0.4, -0.2) is 30.3 Å². The average molecular weight is 387 g/mol. The van der Waals surface area contributed by atoms with Crippen molar-refractivity contribution in [2.45, 2.75) is 30.9 Å². The first-order valence-corrected chi connectivity index (χ1v) is 9.93. The van der Waals surface area contributed by atoms with E-state index < -0.39 is 6.10 Å². The minimum absolute atomic E-state index is 0.0186. The molecule has 1 fully saturated rings. The number of amides is 1. The van der Waals surface area contributed by atoms with Crippen LogP contribution in [0, 0.1) is 0 Å². The number of methoxy groups -OCH3 is 1. The summed E-state index contributed by atoms with van der Waals surface area (Å²) in [5.41, 5.74) is 2.92. The van der Waals surface area contributed by atoms with Crippen LogP contribution in [0.5, 0.6) is 5.75 Å². The maximum absolute atomic E-state index is 13.1. The summed E-state index contributed by atoms with van der Waals surface area (Å²) in [5.74, 6) is 0.415. The first kappa shape index (κ1) is 19.2. The van der Waals surface area contributed by atoms with E-state index in [1.54, 1.807) is 12.0 Å².